The Kier molecular flexibility index (Phi) is 1.05. The maximum atomic E-state index is 5.65. The Morgan fingerprint density at radius 3 is 2.57 bits per heavy atom. The van der Waals surface area contributed by atoms with Crippen molar-refractivity contribution in [1.29, 1.82) is 0 Å². The Balaban J connectivity index is 2.40. The molecule has 0 saturated carbocycles. The van der Waals surface area contributed by atoms with Crippen molar-refractivity contribution in [3.05, 3.63) is 0 Å². The van der Waals surface area contributed by atoms with Crippen LogP contribution in [0.2, 0.25) is 0 Å². The van der Waals surface area contributed by atoms with E-state index < -0.39 is 0 Å². The topological polar surface area (TPSA) is 35.2 Å². The summed E-state index contributed by atoms with van der Waals surface area (Å²) in [5.74, 6) is 0. The summed E-state index contributed by atoms with van der Waals surface area (Å²) in [6.45, 7) is 3.58. The minimum Gasteiger partial charge on any atom is -0.379 e. The van der Waals surface area contributed by atoms with Gasteiger partial charge in [-0.3, -0.25) is 0 Å². The molecule has 1 fully saturated rings. The van der Waals surface area contributed by atoms with Crippen LogP contribution in [0, 0.1) is 0 Å². The first kappa shape index (κ1) is 5.06. The molecule has 2 heteroatoms. The van der Waals surface area contributed by atoms with Gasteiger partial charge in [0.2, 0.25) is 0 Å². The Labute approximate surface area is 43.6 Å². The Morgan fingerprint density at radius 2 is 2.43 bits per heavy atom. The summed E-state index contributed by atoms with van der Waals surface area (Å²) < 4.78 is 5.03. The second-order valence-electron chi connectivity index (χ2n) is 2.46. The molecule has 1 aliphatic heterocycles. The Hall–Kier alpha value is -0.0800. The predicted octanol–water partition coefficient (Wildman–Crippen LogP) is 0.124. The molecule has 0 amide bonds. The minimum atomic E-state index is -0.0278. The lowest BCUT2D eigenvalue weighted by Crippen LogP contribution is -2.35. The SMILES string of the molecule is C[C@]1(N)CCOC1. The molecule has 0 aromatic heterocycles. The van der Waals surface area contributed by atoms with Crippen molar-refractivity contribution in [3.8, 4) is 0 Å². The van der Waals surface area contributed by atoms with Gasteiger partial charge < -0.3 is 10.5 Å². The van der Waals surface area contributed by atoms with Crippen LogP contribution in [0.25, 0.3) is 0 Å². The molecule has 2 N–H and O–H groups in total. The molecule has 1 aliphatic rings. The predicted molar refractivity (Wildman–Crippen MR) is 28.0 cm³/mol. The van der Waals surface area contributed by atoms with Crippen molar-refractivity contribution in [2.45, 2.75) is 18.9 Å². The summed E-state index contributed by atoms with van der Waals surface area (Å²) in [5.41, 5.74) is 5.62. The van der Waals surface area contributed by atoms with Crippen LogP contribution in [0.15, 0.2) is 0 Å². The van der Waals surface area contributed by atoms with E-state index in [1.54, 1.807) is 0 Å². The van der Waals surface area contributed by atoms with Crippen LogP contribution in [-0.4, -0.2) is 18.8 Å². The van der Waals surface area contributed by atoms with Gasteiger partial charge in [-0.2, -0.15) is 0 Å². The van der Waals surface area contributed by atoms with E-state index in [0.29, 0.717) is 0 Å². The highest BCUT2D eigenvalue weighted by atomic mass is 16.5. The summed E-state index contributed by atoms with van der Waals surface area (Å²) >= 11 is 0. The maximum Gasteiger partial charge on any atom is 0.0644 e. The molecule has 2 nitrogen and oxygen atoms in total. The normalized spacial score (nSPS) is 42.0. The minimum absolute atomic E-state index is 0.0278. The number of hydrogen-bond acceptors (Lipinski definition) is 2. The molecule has 0 bridgehead atoms. The zero-order chi connectivity index (χ0) is 5.33. The van der Waals surface area contributed by atoms with Gasteiger partial charge >= 0.3 is 0 Å². The van der Waals surface area contributed by atoms with Crippen LogP contribution in [0.1, 0.15) is 13.3 Å². The van der Waals surface area contributed by atoms with Crippen LogP contribution in [0.4, 0.5) is 0 Å². The largest absolute Gasteiger partial charge is 0.379 e. The van der Waals surface area contributed by atoms with Crippen molar-refractivity contribution < 1.29 is 4.74 Å². The fourth-order valence-electron chi connectivity index (χ4n) is 0.683. The Bertz CT molecular complexity index is 62.5. The van der Waals surface area contributed by atoms with Gasteiger partial charge in [-0.15, -0.1) is 0 Å². The lowest BCUT2D eigenvalue weighted by molar-refractivity contribution is 0.182. The van der Waals surface area contributed by atoms with E-state index in [4.69, 9.17) is 10.5 Å². The average Bonchev–Trinajstić information content (AvgIpc) is 1.84. The highest BCUT2D eigenvalue weighted by Crippen LogP contribution is 2.12. The number of rotatable bonds is 0. The van der Waals surface area contributed by atoms with Crippen LogP contribution < -0.4 is 5.73 Å². The van der Waals surface area contributed by atoms with Gasteiger partial charge in [-0.1, -0.05) is 0 Å². The van der Waals surface area contributed by atoms with Crippen molar-refractivity contribution in [3.63, 3.8) is 0 Å². The summed E-state index contributed by atoms with van der Waals surface area (Å²) in [5, 5.41) is 0. The van der Waals surface area contributed by atoms with Crippen molar-refractivity contribution >= 4 is 0 Å². The smallest absolute Gasteiger partial charge is 0.0644 e. The first-order valence-electron chi connectivity index (χ1n) is 2.57. The number of ether oxygens (including phenoxy) is 1. The summed E-state index contributed by atoms with van der Waals surface area (Å²) in [6.07, 6.45) is 1.01. The molecule has 42 valence electrons. The van der Waals surface area contributed by atoms with Gasteiger partial charge in [-0.05, 0) is 13.3 Å². The van der Waals surface area contributed by atoms with E-state index in [2.05, 4.69) is 0 Å². The molecule has 0 spiro atoms. The molecule has 0 radical (unpaired) electrons. The molecule has 1 saturated heterocycles. The molecule has 0 aliphatic carbocycles. The quantitative estimate of drug-likeness (QED) is 0.470. The fraction of sp³-hybridized carbons (Fsp3) is 1.00. The van der Waals surface area contributed by atoms with E-state index in [1.807, 2.05) is 6.92 Å². The van der Waals surface area contributed by atoms with Crippen molar-refractivity contribution in [2.24, 2.45) is 5.73 Å². The van der Waals surface area contributed by atoms with E-state index in [-0.39, 0.29) is 5.54 Å². The molecule has 0 aromatic rings. The summed E-state index contributed by atoms with van der Waals surface area (Å²) in [6, 6.07) is 0. The van der Waals surface area contributed by atoms with E-state index >= 15 is 0 Å². The maximum absolute atomic E-state index is 5.65. The third kappa shape index (κ3) is 1.14. The molecule has 0 aromatic carbocycles. The molecule has 7 heavy (non-hydrogen) atoms. The lowest BCUT2D eigenvalue weighted by Gasteiger charge is -2.11. The molecular formula is C5H11NO. The molecule has 1 rings (SSSR count). The highest BCUT2D eigenvalue weighted by molar-refractivity contribution is 4.81. The molecule has 1 heterocycles. The summed E-state index contributed by atoms with van der Waals surface area (Å²) in [4.78, 5) is 0. The van der Waals surface area contributed by atoms with Crippen LogP contribution >= 0.6 is 0 Å². The van der Waals surface area contributed by atoms with E-state index in [9.17, 15) is 0 Å². The standard InChI is InChI=1S/C5H11NO/c1-5(6)2-3-7-4-5/h2-4,6H2,1H3/t5-/m0/s1. The van der Waals surface area contributed by atoms with Crippen molar-refractivity contribution in [1.82, 2.24) is 0 Å². The monoisotopic (exact) mass is 101 g/mol. The molecule has 1 atom stereocenters. The van der Waals surface area contributed by atoms with E-state index in [0.717, 1.165) is 19.6 Å². The van der Waals surface area contributed by atoms with Crippen molar-refractivity contribution in [2.75, 3.05) is 13.2 Å². The zero-order valence-corrected chi connectivity index (χ0v) is 4.61. The second-order valence-corrected chi connectivity index (χ2v) is 2.46. The number of hydrogen-bond donors (Lipinski definition) is 1. The highest BCUT2D eigenvalue weighted by Gasteiger charge is 2.23. The first-order valence-corrected chi connectivity index (χ1v) is 2.57. The molecule has 0 unspecified atom stereocenters. The summed E-state index contributed by atoms with van der Waals surface area (Å²) in [7, 11) is 0. The lowest BCUT2D eigenvalue weighted by atomic mass is 10.0. The Morgan fingerprint density at radius 1 is 1.71 bits per heavy atom. The fourth-order valence-corrected chi connectivity index (χ4v) is 0.683. The van der Waals surface area contributed by atoms with E-state index in [1.165, 1.54) is 0 Å². The van der Waals surface area contributed by atoms with Crippen LogP contribution in [-0.2, 0) is 4.74 Å². The first-order chi connectivity index (χ1) is 3.21. The van der Waals surface area contributed by atoms with Crippen LogP contribution in [0.3, 0.4) is 0 Å². The zero-order valence-electron chi connectivity index (χ0n) is 4.61. The van der Waals surface area contributed by atoms with Gasteiger partial charge in [0.05, 0.1) is 6.61 Å². The number of nitrogens with two attached hydrogens (primary N) is 1. The second kappa shape index (κ2) is 1.46. The molecular weight excluding hydrogens is 90.1 g/mol. The van der Waals surface area contributed by atoms with Crippen LogP contribution in [0.5, 0.6) is 0 Å². The third-order valence-electron chi connectivity index (χ3n) is 1.25. The van der Waals surface area contributed by atoms with Gasteiger partial charge in [-0.25, -0.2) is 0 Å². The van der Waals surface area contributed by atoms with Gasteiger partial charge in [0, 0.05) is 12.1 Å². The van der Waals surface area contributed by atoms with Gasteiger partial charge in [0.15, 0.2) is 0 Å². The third-order valence-corrected chi connectivity index (χ3v) is 1.25. The van der Waals surface area contributed by atoms with Gasteiger partial charge in [0.1, 0.15) is 0 Å². The average molecular weight is 101 g/mol. The van der Waals surface area contributed by atoms with Gasteiger partial charge in [0.25, 0.3) is 0 Å².